The van der Waals surface area contributed by atoms with Crippen molar-refractivity contribution < 1.29 is 33.8 Å². The number of hydrogen-bond donors (Lipinski definition) is 3. The van der Waals surface area contributed by atoms with Gasteiger partial charge in [0, 0.05) is 29.5 Å². The number of carbonyl (C=O) groups excluding carboxylic acids is 4. The Morgan fingerprint density at radius 2 is 1.73 bits per heavy atom. The second-order valence-electron chi connectivity index (χ2n) is 10.9. The molecule has 6 rings (SSSR count). The van der Waals surface area contributed by atoms with Crippen molar-refractivity contribution in [3.63, 3.8) is 0 Å². The number of phenols is 1. The van der Waals surface area contributed by atoms with Gasteiger partial charge in [0.25, 0.3) is 11.8 Å². The number of nitrogens with zero attached hydrogens (tertiary/aromatic N) is 4. The van der Waals surface area contributed by atoms with Gasteiger partial charge in [-0.1, -0.05) is 6.07 Å². The number of esters is 1. The molecular weight excluding hydrogens is 568 g/mol. The molecule has 2 aromatic heterocycles. The van der Waals surface area contributed by atoms with Crippen molar-refractivity contribution in [2.24, 2.45) is 0 Å². The number of anilines is 2. The van der Waals surface area contributed by atoms with Crippen molar-refractivity contribution in [3.05, 3.63) is 82.8 Å². The van der Waals surface area contributed by atoms with Crippen LogP contribution in [-0.4, -0.2) is 67.4 Å². The van der Waals surface area contributed by atoms with E-state index >= 15 is 0 Å². The summed E-state index contributed by atoms with van der Waals surface area (Å²) in [5.41, 5.74) is 3.64. The van der Waals surface area contributed by atoms with Crippen LogP contribution in [0.3, 0.4) is 0 Å². The molecule has 0 radical (unpaired) electrons. The van der Waals surface area contributed by atoms with E-state index in [0.29, 0.717) is 41.0 Å². The molecule has 13 nitrogen and oxygen atoms in total. The molecule has 4 aromatic rings. The fourth-order valence-electron chi connectivity index (χ4n) is 4.74. The standard InChI is InChI=1S/C31H30N6O7/c1-17-3-4-20(29(40)37(22-9-10-22)31(42)44-16-43-30(41)19-5-11-23(38)12-6-19)13-25(17)35-27-26-18(2)24(14-36(26)33-15-32-27)28(39)34-21-7-8-21/h3-6,11-15,21-22,38H,7-10,16H2,1-2H3,(H,34,39)(H,32,33,35). The highest BCUT2D eigenvalue weighted by Gasteiger charge is 2.39. The molecule has 0 spiro atoms. The monoisotopic (exact) mass is 598 g/mol. The Labute approximate surface area is 251 Å². The van der Waals surface area contributed by atoms with E-state index < -0.39 is 24.8 Å². The SMILES string of the molecule is Cc1ccc(C(=O)N(C(=O)OCOC(=O)c2ccc(O)cc2)C2CC2)cc1Nc1ncnn2cc(C(=O)NC3CC3)c(C)c12. The first-order chi connectivity index (χ1) is 21.2. The average Bonchev–Trinajstić information content (AvgIpc) is 3.95. The summed E-state index contributed by atoms with van der Waals surface area (Å²) in [6.45, 7) is 3.01. The molecule has 0 bridgehead atoms. The second-order valence-corrected chi connectivity index (χ2v) is 10.9. The van der Waals surface area contributed by atoms with Crippen LogP contribution < -0.4 is 10.6 Å². The lowest BCUT2D eigenvalue weighted by Gasteiger charge is -2.21. The number of phenolic OH excluding ortho intramolecular Hbond substituents is 1. The first-order valence-electron chi connectivity index (χ1n) is 14.2. The van der Waals surface area contributed by atoms with Gasteiger partial charge in [-0.15, -0.1) is 0 Å². The molecule has 2 heterocycles. The van der Waals surface area contributed by atoms with Crippen LogP contribution in [0, 0.1) is 13.8 Å². The summed E-state index contributed by atoms with van der Waals surface area (Å²) in [6.07, 6.45) is 5.34. The largest absolute Gasteiger partial charge is 0.508 e. The molecule has 226 valence electrons. The number of hydrogen-bond acceptors (Lipinski definition) is 10. The molecule has 3 amide bonds. The number of rotatable bonds is 9. The highest BCUT2D eigenvalue weighted by atomic mass is 16.7. The lowest BCUT2D eigenvalue weighted by Crippen LogP contribution is -2.39. The first kappa shape index (κ1) is 28.6. The van der Waals surface area contributed by atoms with Gasteiger partial charge in [0.2, 0.25) is 6.79 Å². The van der Waals surface area contributed by atoms with E-state index in [9.17, 15) is 24.3 Å². The summed E-state index contributed by atoms with van der Waals surface area (Å²) in [6, 6.07) is 10.3. The maximum atomic E-state index is 13.6. The van der Waals surface area contributed by atoms with Gasteiger partial charge in [0.1, 0.15) is 17.6 Å². The molecule has 13 heteroatoms. The van der Waals surface area contributed by atoms with Crippen molar-refractivity contribution in [2.45, 2.75) is 51.6 Å². The molecule has 2 saturated carbocycles. The van der Waals surface area contributed by atoms with Gasteiger partial charge in [0.15, 0.2) is 5.82 Å². The molecule has 0 aliphatic heterocycles. The number of aromatic nitrogens is 3. The number of aromatic hydroxyl groups is 1. The molecular formula is C31H30N6O7. The molecule has 0 saturated heterocycles. The van der Waals surface area contributed by atoms with Crippen LogP contribution in [0.1, 0.15) is 67.9 Å². The number of ether oxygens (including phenoxy) is 2. The van der Waals surface area contributed by atoms with Crippen LogP contribution in [0.4, 0.5) is 16.3 Å². The van der Waals surface area contributed by atoms with E-state index in [4.69, 9.17) is 9.47 Å². The minimum Gasteiger partial charge on any atom is -0.508 e. The van der Waals surface area contributed by atoms with E-state index in [1.165, 1.54) is 30.6 Å². The van der Waals surface area contributed by atoms with E-state index in [2.05, 4.69) is 20.7 Å². The van der Waals surface area contributed by atoms with E-state index in [1.807, 2.05) is 13.8 Å². The molecule has 2 aliphatic carbocycles. The number of nitrogens with one attached hydrogen (secondary N) is 2. The number of aryl methyl sites for hydroxylation is 2. The third kappa shape index (κ3) is 6.02. The lowest BCUT2D eigenvalue weighted by atomic mass is 10.1. The third-order valence-corrected chi connectivity index (χ3v) is 7.52. The Morgan fingerprint density at radius 1 is 1.00 bits per heavy atom. The third-order valence-electron chi connectivity index (χ3n) is 7.52. The van der Waals surface area contributed by atoms with Crippen LogP contribution in [0.25, 0.3) is 5.52 Å². The van der Waals surface area contributed by atoms with Gasteiger partial charge < -0.3 is 25.2 Å². The van der Waals surface area contributed by atoms with Gasteiger partial charge in [-0.25, -0.2) is 24.0 Å². The molecule has 2 aliphatic rings. The molecule has 0 unspecified atom stereocenters. The maximum Gasteiger partial charge on any atom is 0.419 e. The van der Waals surface area contributed by atoms with Gasteiger partial charge in [-0.05, 0) is 87.1 Å². The number of fused-ring (bicyclic) bond motifs is 1. The van der Waals surface area contributed by atoms with Crippen molar-refractivity contribution in [1.82, 2.24) is 24.8 Å². The summed E-state index contributed by atoms with van der Waals surface area (Å²) in [5.74, 6) is -1.02. The van der Waals surface area contributed by atoms with Crippen LogP contribution in [0.15, 0.2) is 55.0 Å². The summed E-state index contributed by atoms with van der Waals surface area (Å²) in [5, 5.41) is 19.9. The lowest BCUT2D eigenvalue weighted by molar-refractivity contribution is -0.0110. The quantitative estimate of drug-likeness (QED) is 0.187. The first-order valence-corrected chi connectivity index (χ1v) is 14.2. The second kappa shape index (κ2) is 11.7. The minimum absolute atomic E-state index is 0.00589. The Morgan fingerprint density at radius 3 is 2.43 bits per heavy atom. The van der Waals surface area contributed by atoms with Crippen molar-refractivity contribution in [1.29, 1.82) is 0 Å². The molecule has 0 atom stereocenters. The topological polar surface area (TPSA) is 164 Å². The van der Waals surface area contributed by atoms with E-state index in [0.717, 1.165) is 23.3 Å². The Kier molecular flexibility index (Phi) is 7.60. The Hall–Kier alpha value is -5.46. The van der Waals surface area contributed by atoms with Crippen LogP contribution in [-0.2, 0) is 9.47 Å². The van der Waals surface area contributed by atoms with E-state index in [1.54, 1.807) is 28.9 Å². The summed E-state index contributed by atoms with van der Waals surface area (Å²) in [7, 11) is 0. The zero-order valence-corrected chi connectivity index (χ0v) is 24.1. The van der Waals surface area contributed by atoms with Gasteiger partial charge in [-0.2, -0.15) is 5.10 Å². The summed E-state index contributed by atoms with van der Waals surface area (Å²) in [4.78, 5) is 56.9. The van der Waals surface area contributed by atoms with Gasteiger partial charge >= 0.3 is 12.1 Å². The van der Waals surface area contributed by atoms with Crippen molar-refractivity contribution >= 4 is 40.9 Å². The maximum absolute atomic E-state index is 13.6. The Balaban J connectivity index is 1.17. The minimum atomic E-state index is -0.926. The van der Waals surface area contributed by atoms with Crippen molar-refractivity contribution in [2.75, 3.05) is 12.1 Å². The van der Waals surface area contributed by atoms with E-state index in [-0.39, 0.29) is 34.9 Å². The fourth-order valence-corrected chi connectivity index (χ4v) is 4.74. The van der Waals surface area contributed by atoms with Gasteiger partial charge in [0.05, 0.1) is 11.1 Å². The smallest absolute Gasteiger partial charge is 0.419 e. The number of amides is 3. The number of carbonyl (C=O) groups is 4. The highest BCUT2D eigenvalue weighted by molar-refractivity contribution is 6.04. The van der Waals surface area contributed by atoms with Crippen LogP contribution in [0.2, 0.25) is 0 Å². The molecule has 2 fully saturated rings. The average molecular weight is 599 g/mol. The highest BCUT2D eigenvalue weighted by Crippen LogP contribution is 2.32. The predicted octanol–water partition coefficient (Wildman–Crippen LogP) is 4.24. The number of benzene rings is 2. The Bertz CT molecular complexity index is 1780. The summed E-state index contributed by atoms with van der Waals surface area (Å²) < 4.78 is 11.7. The molecule has 2 aromatic carbocycles. The number of imide groups is 1. The van der Waals surface area contributed by atoms with Crippen LogP contribution in [0.5, 0.6) is 5.75 Å². The zero-order valence-electron chi connectivity index (χ0n) is 24.1. The zero-order chi connectivity index (χ0) is 31.0. The fraction of sp³-hybridized carbons (Fsp3) is 0.290. The van der Waals surface area contributed by atoms with Crippen molar-refractivity contribution in [3.8, 4) is 5.75 Å². The normalized spacial score (nSPS) is 14.1. The van der Waals surface area contributed by atoms with Gasteiger partial charge in [-0.3, -0.25) is 9.59 Å². The molecule has 44 heavy (non-hydrogen) atoms. The summed E-state index contributed by atoms with van der Waals surface area (Å²) >= 11 is 0. The molecule has 3 N–H and O–H groups in total. The van der Waals surface area contributed by atoms with Crippen LogP contribution >= 0.6 is 0 Å². The predicted molar refractivity (Wildman–Crippen MR) is 157 cm³/mol.